The molecule has 0 aliphatic heterocycles. The van der Waals surface area contributed by atoms with Crippen molar-refractivity contribution in [2.75, 3.05) is 0 Å². The normalized spacial score (nSPS) is 10.8. The van der Waals surface area contributed by atoms with Gasteiger partial charge in [-0.2, -0.15) is 0 Å². The van der Waals surface area contributed by atoms with Crippen LogP contribution >= 0.6 is 31.9 Å². The molecule has 3 aromatic carbocycles. The Balaban J connectivity index is 1.83. The third-order valence-corrected chi connectivity index (χ3v) is 5.48. The number of esters is 1. The van der Waals surface area contributed by atoms with E-state index in [4.69, 9.17) is 9.72 Å². The lowest BCUT2D eigenvalue weighted by atomic mass is 10.0. The molecule has 3 nitrogen and oxygen atoms in total. The quantitative estimate of drug-likeness (QED) is 0.227. The van der Waals surface area contributed by atoms with Crippen LogP contribution in [-0.2, 0) is 0 Å². The van der Waals surface area contributed by atoms with Crippen molar-refractivity contribution in [2.24, 2.45) is 0 Å². The second-order valence-electron chi connectivity index (χ2n) is 6.38. The summed E-state index contributed by atoms with van der Waals surface area (Å²) < 4.78 is 7.53. The fourth-order valence-electron chi connectivity index (χ4n) is 2.99. The number of halogens is 2. The van der Waals surface area contributed by atoms with E-state index in [0.29, 0.717) is 11.3 Å². The van der Waals surface area contributed by atoms with E-state index in [1.807, 2.05) is 61.5 Å². The zero-order valence-corrected chi connectivity index (χ0v) is 18.1. The van der Waals surface area contributed by atoms with E-state index in [0.717, 1.165) is 36.7 Å². The van der Waals surface area contributed by atoms with Crippen LogP contribution in [0.15, 0.2) is 81.7 Å². The third kappa shape index (κ3) is 3.86. The van der Waals surface area contributed by atoms with E-state index in [1.165, 1.54) is 0 Å². The number of ether oxygens (including phenoxy) is 1. The monoisotopic (exact) mass is 495 g/mol. The molecule has 0 atom stereocenters. The molecule has 0 amide bonds. The first-order chi connectivity index (χ1) is 13.5. The zero-order chi connectivity index (χ0) is 19.7. The van der Waals surface area contributed by atoms with Crippen molar-refractivity contribution in [3.8, 4) is 17.0 Å². The highest BCUT2D eigenvalue weighted by Crippen LogP contribution is 2.28. The van der Waals surface area contributed by atoms with Crippen molar-refractivity contribution in [1.29, 1.82) is 0 Å². The summed E-state index contributed by atoms with van der Waals surface area (Å²) in [4.78, 5) is 17.8. The van der Waals surface area contributed by atoms with Crippen LogP contribution in [-0.4, -0.2) is 11.0 Å². The smallest absolute Gasteiger partial charge is 0.344 e. The maximum Gasteiger partial charge on any atom is 0.344 e. The minimum Gasteiger partial charge on any atom is -0.423 e. The molecule has 28 heavy (non-hydrogen) atoms. The molecule has 0 radical (unpaired) electrons. The minimum atomic E-state index is -0.404. The van der Waals surface area contributed by atoms with Crippen LogP contribution in [0.2, 0.25) is 0 Å². The van der Waals surface area contributed by atoms with Gasteiger partial charge in [0.25, 0.3) is 0 Å². The van der Waals surface area contributed by atoms with Crippen molar-refractivity contribution >= 4 is 48.7 Å². The summed E-state index contributed by atoms with van der Waals surface area (Å²) in [6, 6.07) is 22.7. The number of pyridine rings is 1. The van der Waals surface area contributed by atoms with Crippen molar-refractivity contribution in [3.63, 3.8) is 0 Å². The van der Waals surface area contributed by atoms with Crippen molar-refractivity contribution in [2.45, 2.75) is 6.92 Å². The van der Waals surface area contributed by atoms with Gasteiger partial charge in [0.1, 0.15) is 5.75 Å². The lowest BCUT2D eigenvalue weighted by Gasteiger charge is -2.11. The summed E-state index contributed by atoms with van der Waals surface area (Å²) in [7, 11) is 0. The van der Waals surface area contributed by atoms with Crippen LogP contribution in [0.3, 0.4) is 0 Å². The number of nitrogens with zero attached hydrogens (tertiary/aromatic N) is 1. The van der Waals surface area contributed by atoms with E-state index in [9.17, 15) is 4.79 Å². The van der Waals surface area contributed by atoms with Gasteiger partial charge in [0.05, 0.1) is 16.8 Å². The molecule has 4 aromatic rings. The van der Waals surface area contributed by atoms with E-state index in [1.54, 1.807) is 18.2 Å². The minimum absolute atomic E-state index is 0.404. The summed E-state index contributed by atoms with van der Waals surface area (Å²) >= 11 is 6.84. The fraction of sp³-hybridized carbons (Fsp3) is 0.0435. The van der Waals surface area contributed by atoms with Crippen molar-refractivity contribution in [1.82, 2.24) is 4.98 Å². The molecule has 138 valence electrons. The van der Waals surface area contributed by atoms with Crippen LogP contribution in [0, 0.1) is 6.92 Å². The van der Waals surface area contributed by atoms with Gasteiger partial charge in [0.15, 0.2) is 0 Å². The Bertz CT molecular complexity index is 1170. The fourth-order valence-corrected chi connectivity index (χ4v) is 3.52. The first-order valence-corrected chi connectivity index (χ1v) is 10.2. The standard InChI is InChI=1S/C23H15Br2NO2/c1-14-3-2-4-19-20(23(27)28-18-11-9-17(25)10-12-18)13-21(26-22(14)19)15-5-7-16(24)8-6-15/h2-13H,1H3. The lowest BCUT2D eigenvalue weighted by Crippen LogP contribution is -2.10. The number of hydrogen-bond donors (Lipinski definition) is 0. The summed E-state index contributed by atoms with van der Waals surface area (Å²) in [5, 5.41) is 0.781. The van der Waals surface area contributed by atoms with Crippen molar-refractivity contribution < 1.29 is 9.53 Å². The van der Waals surface area contributed by atoms with Crippen LogP contribution in [0.5, 0.6) is 5.75 Å². The first kappa shape index (κ1) is 18.8. The van der Waals surface area contributed by atoms with Gasteiger partial charge in [0, 0.05) is 19.9 Å². The number of aryl methyl sites for hydroxylation is 1. The molecule has 0 saturated carbocycles. The second kappa shape index (κ2) is 7.86. The second-order valence-corrected chi connectivity index (χ2v) is 8.21. The van der Waals surface area contributed by atoms with Gasteiger partial charge < -0.3 is 4.74 Å². The van der Waals surface area contributed by atoms with Gasteiger partial charge in [-0.25, -0.2) is 9.78 Å². The van der Waals surface area contributed by atoms with E-state index < -0.39 is 5.97 Å². The molecule has 0 aliphatic carbocycles. The average molecular weight is 497 g/mol. The van der Waals surface area contributed by atoms with Crippen LogP contribution in [0.25, 0.3) is 22.2 Å². The predicted molar refractivity (Wildman–Crippen MR) is 119 cm³/mol. The molecule has 0 spiro atoms. The highest BCUT2D eigenvalue weighted by Gasteiger charge is 2.17. The highest BCUT2D eigenvalue weighted by molar-refractivity contribution is 9.10. The molecule has 4 rings (SSSR count). The Morgan fingerprint density at radius 3 is 2.21 bits per heavy atom. The average Bonchev–Trinajstić information content (AvgIpc) is 2.70. The maximum atomic E-state index is 13.0. The molecule has 0 saturated heterocycles. The predicted octanol–water partition coefficient (Wildman–Crippen LogP) is 6.95. The molecule has 0 bridgehead atoms. The number of hydrogen-bond acceptors (Lipinski definition) is 3. The number of fused-ring (bicyclic) bond motifs is 1. The number of aromatic nitrogens is 1. The number of benzene rings is 3. The van der Waals surface area contributed by atoms with Gasteiger partial charge in [0.2, 0.25) is 0 Å². The van der Waals surface area contributed by atoms with Gasteiger partial charge in [-0.15, -0.1) is 0 Å². The summed E-state index contributed by atoms with van der Waals surface area (Å²) in [6.07, 6.45) is 0. The molecular weight excluding hydrogens is 482 g/mol. The Kier molecular flexibility index (Phi) is 5.29. The number of carbonyl (C=O) groups is 1. The Hall–Kier alpha value is -2.50. The van der Waals surface area contributed by atoms with Gasteiger partial charge in [-0.05, 0) is 55.0 Å². The van der Waals surface area contributed by atoms with Crippen molar-refractivity contribution in [3.05, 3.63) is 92.9 Å². The Labute approximate surface area is 179 Å². The van der Waals surface area contributed by atoms with E-state index in [-0.39, 0.29) is 0 Å². The summed E-state index contributed by atoms with van der Waals surface area (Å²) in [5.41, 5.74) is 3.97. The molecule has 5 heteroatoms. The molecule has 0 unspecified atom stereocenters. The molecule has 1 aromatic heterocycles. The zero-order valence-electron chi connectivity index (χ0n) is 14.9. The van der Waals surface area contributed by atoms with E-state index >= 15 is 0 Å². The maximum absolute atomic E-state index is 13.0. The molecule has 0 N–H and O–H groups in total. The molecule has 0 fully saturated rings. The highest BCUT2D eigenvalue weighted by atomic mass is 79.9. The van der Waals surface area contributed by atoms with Gasteiger partial charge >= 0.3 is 5.97 Å². The first-order valence-electron chi connectivity index (χ1n) is 8.65. The topological polar surface area (TPSA) is 39.2 Å². The van der Waals surface area contributed by atoms with Gasteiger partial charge in [-0.3, -0.25) is 0 Å². The van der Waals surface area contributed by atoms with E-state index in [2.05, 4.69) is 31.9 Å². The molecular formula is C23H15Br2NO2. The molecule has 1 heterocycles. The summed E-state index contributed by atoms with van der Waals surface area (Å²) in [6.45, 7) is 1.99. The summed E-state index contributed by atoms with van der Waals surface area (Å²) in [5.74, 6) is 0.0923. The van der Waals surface area contributed by atoms with Crippen LogP contribution in [0.4, 0.5) is 0 Å². The number of carbonyl (C=O) groups excluding carboxylic acids is 1. The number of para-hydroxylation sites is 1. The number of rotatable bonds is 3. The van der Waals surface area contributed by atoms with Crippen LogP contribution < -0.4 is 4.74 Å². The van der Waals surface area contributed by atoms with Gasteiger partial charge in [-0.1, -0.05) is 62.2 Å². The SMILES string of the molecule is Cc1cccc2c(C(=O)Oc3ccc(Br)cc3)cc(-c3ccc(Br)cc3)nc12. The molecule has 0 aliphatic rings. The third-order valence-electron chi connectivity index (χ3n) is 4.43. The largest absolute Gasteiger partial charge is 0.423 e. The lowest BCUT2D eigenvalue weighted by molar-refractivity contribution is 0.0737. The van der Waals surface area contributed by atoms with Crippen LogP contribution in [0.1, 0.15) is 15.9 Å². The Morgan fingerprint density at radius 2 is 1.54 bits per heavy atom. The Morgan fingerprint density at radius 1 is 0.893 bits per heavy atom.